The third-order valence-corrected chi connectivity index (χ3v) is 3.62. The number of benzene rings is 1. The minimum Gasteiger partial charge on any atom is -0.383 e. The number of hydrogen-bond donors (Lipinski definition) is 2. The summed E-state index contributed by atoms with van der Waals surface area (Å²) in [5.41, 5.74) is 7.53. The number of fused-ring (bicyclic) bond motifs is 1. The van der Waals surface area contributed by atoms with Gasteiger partial charge in [0.1, 0.15) is 6.04 Å². The summed E-state index contributed by atoms with van der Waals surface area (Å²) in [5.74, 6) is -0.240. The van der Waals surface area contributed by atoms with Crippen LogP contribution >= 0.6 is 12.4 Å². The van der Waals surface area contributed by atoms with E-state index in [0.29, 0.717) is 13.0 Å². The Kier molecular flexibility index (Phi) is 6.80. The zero-order chi connectivity index (χ0) is 15.4. The molecule has 22 heavy (non-hydrogen) atoms. The monoisotopic (exact) mass is 327 g/mol. The topological polar surface area (TPSA) is 84.7 Å². The average Bonchev–Trinajstić information content (AvgIpc) is 2.47. The van der Waals surface area contributed by atoms with Crippen molar-refractivity contribution >= 4 is 29.9 Å². The summed E-state index contributed by atoms with van der Waals surface area (Å²) in [6.45, 7) is 2.31. The number of rotatable bonds is 4. The van der Waals surface area contributed by atoms with Gasteiger partial charge >= 0.3 is 0 Å². The fourth-order valence-corrected chi connectivity index (χ4v) is 2.57. The number of para-hydroxylation sites is 1. The Balaban J connectivity index is 0.00000242. The van der Waals surface area contributed by atoms with Crippen molar-refractivity contribution in [1.29, 1.82) is 0 Å². The third-order valence-electron chi connectivity index (χ3n) is 3.62. The van der Waals surface area contributed by atoms with Crippen molar-refractivity contribution in [3.05, 3.63) is 29.8 Å². The molecule has 7 heteroatoms. The Hall–Kier alpha value is -1.63. The SMILES string of the molecule is COCC(N)C(=O)NC1CCN(C(C)=O)c2ccccc21.Cl. The molecule has 2 unspecified atom stereocenters. The molecule has 122 valence electrons. The van der Waals surface area contributed by atoms with Crippen LogP contribution in [-0.4, -0.2) is 38.1 Å². The highest BCUT2D eigenvalue weighted by Gasteiger charge is 2.28. The van der Waals surface area contributed by atoms with Gasteiger partial charge in [-0.05, 0) is 18.1 Å². The Morgan fingerprint density at radius 2 is 2.14 bits per heavy atom. The van der Waals surface area contributed by atoms with Crippen LogP contribution in [0.25, 0.3) is 0 Å². The second-order valence-electron chi connectivity index (χ2n) is 5.14. The first kappa shape index (κ1) is 18.4. The molecule has 0 fully saturated rings. The molecule has 1 aromatic carbocycles. The Morgan fingerprint density at radius 1 is 1.45 bits per heavy atom. The fourth-order valence-electron chi connectivity index (χ4n) is 2.57. The highest BCUT2D eigenvalue weighted by atomic mass is 35.5. The third kappa shape index (κ3) is 3.97. The number of nitrogens with one attached hydrogen (secondary N) is 1. The molecule has 0 saturated carbocycles. The molecule has 1 aliphatic heterocycles. The summed E-state index contributed by atoms with van der Waals surface area (Å²) in [7, 11) is 1.51. The van der Waals surface area contributed by atoms with Crippen LogP contribution in [0.1, 0.15) is 24.9 Å². The van der Waals surface area contributed by atoms with E-state index in [-0.39, 0.29) is 36.9 Å². The van der Waals surface area contributed by atoms with E-state index in [1.807, 2.05) is 24.3 Å². The van der Waals surface area contributed by atoms with Crippen LogP contribution < -0.4 is 16.0 Å². The molecule has 3 N–H and O–H groups in total. The van der Waals surface area contributed by atoms with Crippen LogP contribution in [0.15, 0.2) is 24.3 Å². The van der Waals surface area contributed by atoms with Gasteiger partial charge in [0.05, 0.1) is 12.6 Å². The molecule has 1 aliphatic rings. The van der Waals surface area contributed by atoms with Gasteiger partial charge in [0.25, 0.3) is 0 Å². The van der Waals surface area contributed by atoms with E-state index in [2.05, 4.69) is 5.32 Å². The number of nitrogens with two attached hydrogens (primary N) is 1. The van der Waals surface area contributed by atoms with Gasteiger partial charge in [-0.2, -0.15) is 0 Å². The molecule has 0 spiro atoms. The van der Waals surface area contributed by atoms with Crippen LogP contribution in [0.2, 0.25) is 0 Å². The van der Waals surface area contributed by atoms with Crippen molar-refractivity contribution in [2.75, 3.05) is 25.2 Å². The van der Waals surface area contributed by atoms with Gasteiger partial charge in [-0.15, -0.1) is 12.4 Å². The van der Waals surface area contributed by atoms with Crippen LogP contribution in [0.4, 0.5) is 5.69 Å². The average molecular weight is 328 g/mol. The lowest BCUT2D eigenvalue weighted by molar-refractivity contribution is -0.124. The summed E-state index contributed by atoms with van der Waals surface area (Å²) in [6, 6.07) is 6.79. The lowest BCUT2D eigenvalue weighted by atomic mass is 9.96. The van der Waals surface area contributed by atoms with Gasteiger partial charge in [-0.3, -0.25) is 9.59 Å². The van der Waals surface area contributed by atoms with Crippen molar-refractivity contribution in [3.63, 3.8) is 0 Å². The highest BCUT2D eigenvalue weighted by Crippen LogP contribution is 2.33. The summed E-state index contributed by atoms with van der Waals surface area (Å²) in [6.07, 6.45) is 0.669. The quantitative estimate of drug-likeness (QED) is 0.864. The van der Waals surface area contributed by atoms with Crippen molar-refractivity contribution in [2.24, 2.45) is 5.73 Å². The Morgan fingerprint density at radius 3 is 2.77 bits per heavy atom. The summed E-state index contributed by atoms with van der Waals surface area (Å²) >= 11 is 0. The largest absolute Gasteiger partial charge is 0.383 e. The lowest BCUT2D eigenvalue weighted by Gasteiger charge is -2.34. The molecule has 1 aromatic rings. The molecule has 0 aromatic heterocycles. The normalized spacial score (nSPS) is 18.0. The smallest absolute Gasteiger partial charge is 0.239 e. The van der Waals surface area contributed by atoms with Crippen LogP contribution in [0.3, 0.4) is 0 Å². The minimum absolute atomic E-state index is 0. The number of nitrogens with zero attached hydrogens (tertiary/aromatic N) is 1. The Labute approximate surface area is 136 Å². The van der Waals surface area contributed by atoms with E-state index in [1.165, 1.54) is 7.11 Å². The zero-order valence-electron chi connectivity index (χ0n) is 12.7. The maximum Gasteiger partial charge on any atom is 0.239 e. The second kappa shape index (κ2) is 8.12. The van der Waals surface area contributed by atoms with Gasteiger partial charge in [-0.25, -0.2) is 0 Å². The van der Waals surface area contributed by atoms with E-state index in [4.69, 9.17) is 10.5 Å². The molecular weight excluding hydrogens is 306 g/mol. The van der Waals surface area contributed by atoms with Gasteiger partial charge < -0.3 is 20.7 Å². The number of methoxy groups -OCH3 is 1. The molecule has 0 aliphatic carbocycles. The predicted molar refractivity (Wildman–Crippen MR) is 87.1 cm³/mol. The maximum absolute atomic E-state index is 12.0. The van der Waals surface area contributed by atoms with E-state index in [1.54, 1.807) is 11.8 Å². The van der Waals surface area contributed by atoms with Crippen molar-refractivity contribution in [2.45, 2.75) is 25.4 Å². The number of carbonyl (C=O) groups is 2. The molecule has 1 heterocycles. The number of amides is 2. The zero-order valence-corrected chi connectivity index (χ0v) is 13.6. The van der Waals surface area contributed by atoms with E-state index in [9.17, 15) is 9.59 Å². The van der Waals surface area contributed by atoms with Gasteiger partial charge in [0, 0.05) is 26.3 Å². The molecule has 2 amide bonds. The van der Waals surface area contributed by atoms with Gasteiger partial charge in [0.15, 0.2) is 0 Å². The summed E-state index contributed by atoms with van der Waals surface area (Å²) in [4.78, 5) is 25.4. The predicted octanol–water partition coefficient (Wildman–Crippen LogP) is 0.996. The molecule has 2 rings (SSSR count). The van der Waals surface area contributed by atoms with E-state index < -0.39 is 6.04 Å². The number of carbonyl (C=O) groups excluding carboxylic acids is 2. The lowest BCUT2D eigenvalue weighted by Crippen LogP contribution is -2.47. The first-order valence-electron chi connectivity index (χ1n) is 6.96. The van der Waals surface area contributed by atoms with Crippen molar-refractivity contribution < 1.29 is 14.3 Å². The molecule has 0 radical (unpaired) electrons. The first-order chi connectivity index (χ1) is 10.0. The van der Waals surface area contributed by atoms with Gasteiger partial charge in [-0.1, -0.05) is 18.2 Å². The van der Waals surface area contributed by atoms with Crippen molar-refractivity contribution in [3.8, 4) is 0 Å². The first-order valence-corrected chi connectivity index (χ1v) is 6.96. The number of anilines is 1. The standard InChI is InChI=1S/C15H21N3O3.ClH/c1-10(19)18-8-7-13(11-5-3-4-6-14(11)18)17-15(20)12(16)9-21-2;/h3-6,12-13H,7-9,16H2,1-2H3,(H,17,20);1H. The van der Waals surface area contributed by atoms with Crippen LogP contribution in [-0.2, 0) is 14.3 Å². The molecule has 0 bridgehead atoms. The highest BCUT2D eigenvalue weighted by molar-refractivity contribution is 5.93. The molecular formula is C15H22ClN3O3. The summed E-state index contributed by atoms with van der Waals surface area (Å²) < 4.78 is 4.89. The second-order valence-corrected chi connectivity index (χ2v) is 5.14. The molecule has 6 nitrogen and oxygen atoms in total. The van der Waals surface area contributed by atoms with Crippen LogP contribution in [0.5, 0.6) is 0 Å². The fraction of sp³-hybridized carbons (Fsp3) is 0.467. The minimum atomic E-state index is -0.687. The Bertz CT molecular complexity index is 539. The van der Waals surface area contributed by atoms with E-state index in [0.717, 1.165) is 11.3 Å². The van der Waals surface area contributed by atoms with Crippen molar-refractivity contribution in [1.82, 2.24) is 5.32 Å². The molecule has 2 atom stereocenters. The molecule has 0 saturated heterocycles. The number of ether oxygens (including phenoxy) is 1. The van der Waals surface area contributed by atoms with Gasteiger partial charge in [0.2, 0.25) is 11.8 Å². The van der Waals surface area contributed by atoms with Crippen LogP contribution in [0, 0.1) is 0 Å². The van der Waals surface area contributed by atoms with E-state index >= 15 is 0 Å². The maximum atomic E-state index is 12.0. The number of hydrogen-bond acceptors (Lipinski definition) is 4. The summed E-state index contributed by atoms with van der Waals surface area (Å²) in [5, 5.41) is 2.94. The number of halogens is 1.